The summed E-state index contributed by atoms with van der Waals surface area (Å²) in [7, 11) is -3.72. The lowest BCUT2D eigenvalue weighted by Crippen LogP contribution is -2.29. The topological polar surface area (TPSA) is 63.2 Å². The number of hydrogen-bond donors (Lipinski definition) is 1. The number of rotatable bonds is 0. The lowest BCUT2D eigenvalue weighted by Gasteiger charge is -2.16. The summed E-state index contributed by atoms with van der Waals surface area (Å²) in [6.07, 6.45) is 0. The molecule has 0 saturated heterocycles. The summed E-state index contributed by atoms with van der Waals surface area (Å²) in [6.45, 7) is -0.140. The minimum atomic E-state index is -3.72. The van der Waals surface area contributed by atoms with Crippen molar-refractivity contribution in [3.63, 3.8) is 0 Å². The number of benzene rings is 1. The molecule has 0 amide bonds. The van der Waals surface area contributed by atoms with Crippen molar-refractivity contribution < 1.29 is 13.2 Å². The average Bonchev–Trinajstić information content (AvgIpc) is 2.13. The van der Waals surface area contributed by atoms with Crippen LogP contribution in [0.2, 0.25) is 0 Å². The van der Waals surface area contributed by atoms with Crippen LogP contribution in [0.1, 0.15) is 0 Å². The van der Waals surface area contributed by atoms with Gasteiger partial charge < -0.3 is 5.32 Å². The largest absolute Gasteiger partial charge is 0.376 e. The smallest absolute Gasteiger partial charge is 0.270 e. The van der Waals surface area contributed by atoms with Crippen molar-refractivity contribution in [2.24, 2.45) is 0 Å². The van der Waals surface area contributed by atoms with Crippen LogP contribution in [0.3, 0.4) is 0 Å². The highest BCUT2D eigenvalue weighted by molar-refractivity contribution is 8.06. The van der Waals surface area contributed by atoms with E-state index in [1.54, 1.807) is 18.2 Å². The van der Waals surface area contributed by atoms with Gasteiger partial charge in [0.25, 0.3) is 5.12 Å². The first-order valence-electron chi connectivity index (χ1n) is 3.73. The molecule has 0 aliphatic carbocycles. The molecule has 1 heterocycles. The summed E-state index contributed by atoms with van der Waals surface area (Å²) >= 11 is 0. The lowest BCUT2D eigenvalue weighted by molar-refractivity contribution is -0.110. The summed E-state index contributed by atoms with van der Waals surface area (Å²) in [6, 6.07) is 6.38. The van der Waals surface area contributed by atoms with Gasteiger partial charge in [-0.2, -0.15) is 0 Å². The van der Waals surface area contributed by atoms with Crippen LogP contribution >= 0.6 is 0 Å². The number of sulfone groups is 1. The number of hydrogen-bond acceptors (Lipinski definition) is 4. The van der Waals surface area contributed by atoms with Crippen LogP contribution in [0.15, 0.2) is 29.2 Å². The molecule has 13 heavy (non-hydrogen) atoms. The highest BCUT2D eigenvalue weighted by atomic mass is 32.2. The van der Waals surface area contributed by atoms with E-state index < -0.39 is 15.0 Å². The molecule has 2 rings (SSSR count). The Morgan fingerprint density at radius 1 is 1.23 bits per heavy atom. The van der Waals surface area contributed by atoms with E-state index >= 15 is 0 Å². The van der Waals surface area contributed by atoms with Gasteiger partial charge >= 0.3 is 0 Å². The fraction of sp³-hybridized carbons (Fsp3) is 0.125. The van der Waals surface area contributed by atoms with Crippen molar-refractivity contribution in [3.05, 3.63) is 24.3 Å². The third kappa shape index (κ3) is 1.12. The second kappa shape index (κ2) is 2.56. The molecule has 0 bridgehead atoms. The Balaban J connectivity index is 2.73. The Morgan fingerprint density at radius 2 is 1.92 bits per heavy atom. The number of para-hydroxylation sites is 1. The van der Waals surface area contributed by atoms with E-state index in [0.717, 1.165) is 0 Å². The zero-order valence-electron chi connectivity index (χ0n) is 6.65. The first-order valence-corrected chi connectivity index (χ1v) is 5.21. The number of carbonyl (C=O) groups is 1. The van der Waals surface area contributed by atoms with Gasteiger partial charge in [0.05, 0.1) is 17.1 Å². The molecular weight excluding hydrogens is 190 g/mol. The molecule has 4 nitrogen and oxygen atoms in total. The van der Waals surface area contributed by atoms with Crippen molar-refractivity contribution in [2.45, 2.75) is 4.90 Å². The number of nitrogens with one attached hydrogen (secondary N) is 1. The van der Waals surface area contributed by atoms with Crippen LogP contribution in [-0.4, -0.2) is 20.1 Å². The van der Waals surface area contributed by atoms with Gasteiger partial charge in [-0.1, -0.05) is 12.1 Å². The Morgan fingerprint density at radius 3 is 2.69 bits per heavy atom. The summed E-state index contributed by atoms with van der Waals surface area (Å²) in [5, 5.41) is 1.97. The predicted octanol–water partition coefficient (Wildman–Crippen LogP) is 0.412. The Hall–Kier alpha value is -1.36. The maximum atomic E-state index is 11.4. The first-order chi connectivity index (χ1) is 6.12. The van der Waals surface area contributed by atoms with Crippen molar-refractivity contribution in [1.82, 2.24) is 0 Å². The minimum absolute atomic E-state index is 0.0752. The summed E-state index contributed by atoms with van der Waals surface area (Å²) < 4.78 is 22.8. The van der Waals surface area contributed by atoms with Crippen LogP contribution in [0, 0.1) is 0 Å². The molecule has 1 aromatic rings. The number of anilines is 1. The highest BCUT2D eigenvalue weighted by Crippen LogP contribution is 2.25. The van der Waals surface area contributed by atoms with Crippen LogP contribution in [0.4, 0.5) is 5.69 Å². The maximum absolute atomic E-state index is 11.4. The summed E-state index contributed by atoms with van der Waals surface area (Å²) in [5.41, 5.74) is 0.502. The molecule has 0 fully saturated rings. The van der Waals surface area contributed by atoms with E-state index in [1.165, 1.54) is 6.07 Å². The van der Waals surface area contributed by atoms with Gasteiger partial charge in [-0.05, 0) is 12.1 Å². The van der Waals surface area contributed by atoms with E-state index in [-0.39, 0.29) is 11.4 Å². The standard InChI is InChI=1S/C8H7NO3S/c10-8-5-9-6-3-1-2-4-7(6)13(8,11)12/h1-4,9H,5H2. The van der Waals surface area contributed by atoms with Gasteiger partial charge in [-0.3, -0.25) is 4.79 Å². The normalized spacial score (nSPS) is 18.9. The molecule has 0 saturated carbocycles. The molecule has 0 unspecified atom stereocenters. The Labute approximate surface area is 75.5 Å². The molecule has 68 valence electrons. The molecular formula is C8H7NO3S. The average molecular weight is 197 g/mol. The van der Waals surface area contributed by atoms with E-state index in [9.17, 15) is 13.2 Å². The Bertz CT molecular complexity index is 464. The third-order valence-electron chi connectivity index (χ3n) is 1.90. The second-order valence-corrected chi connectivity index (χ2v) is 4.63. The molecule has 0 radical (unpaired) electrons. The molecule has 0 spiro atoms. The van der Waals surface area contributed by atoms with E-state index in [4.69, 9.17) is 0 Å². The van der Waals surface area contributed by atoms with Crippen LogP contribution < -0.4 is 5.32 Å². The molecule has 1 aromatic carbocycles. The molecule has 1 N–H and O–H groups in total. The monoisotopic (exact) mass is 197 g/mol. The molecule has 1 aliphatic heterocycles. The zero-order chi connectivity index (χ0) is 9.47. The summed E-state index contributed by atoms with van der Waals surface area (Å²) in [5.74, 6) is 0. The number of carbonyl (C=O) groups excluding carboxylic acids is 1. The zero-order valence-corrected chi connectivity index (χ0v) is 7.47. The SMILES string of the molecule is O=C1CNc2ccccc2S1(=O)=O. The van der Waals surface area contributed by atoms with Crippen LogP contribution in [-0.2, 0) is 14.6 Å². The van der Waals surface area contributed by atoms with Gasteiger partial charge in [-0.25, -0.2) is 8.42 Å². The van der Waals surface area contributed by atoms with Gasteiger partial charge in [0.15, 0.2) is 0 Å². The van der Waals surface area contributed by atoms with Crippen molar-refractivity contribution >= 4 is 20.6 Å². The van der Waals surface area contributed by atoms with Gasteiger partial charge in [0.2, 0.25) is 9.84 Å². The fourth-order valence-corrected chi connectivity index (χ4v) is 2.43. The van der Waals surface area contributed by atoms with Crippen LogP contribution in [0.25, 0.3) is 0 Å². The lowest BCUT2D eigenvalue weighted by atomic mass is 10.3. The maximum Gasteiger partial charge on any atom is 0.270 e. The van der Waals surface area contributed by atoms with Gasteiger partial charge in [-0.15, -0.1) is 0 Å². The molecule has 0 atom stereocenters. The summed E-state index contributed by atoms with van der Waals surface area (Å²) in [4.78, 5) is 11.1. The molecule has 1 aliphatic rings. The molecule has 0 aromatic heterocycles. The Kier molecular flexibility index (Phi) is 1.63. The minimum Gasteiger partial charge on any atom is -0.376 e. The third-order valence-corrected chi connectivity index (χ3v) is 3.58. The number of fused-ring (bicyclic) bond motifs is 1. The predicted molar refractivity (Wildman–Crippen MR) is 47.1 cm³/mol. The fourth-order valence-electron chi connectivity index (χ4n) is 1.23. The van der Waals surface area contributed by atoms with Gasteiger partial charge in [0, 0.05) is 0 Å². The van der Waals surface area contributed by atoms with Crippen molar-refractivity contribution in [2.75, 3.05) is 11.9 Å². The van der Waals surface area contributed by atoms with E-state index in [0.29, 0.717) is 5.69 Å². The van der Waals surface area contributed by atoms with Crippen molar-refractivity contribution in [3.8, 4) is 0 Å². The van der Waals surface area contributed by atoms with Crippen LogP contribution in [0.5, 0.6) is 0 Å². The second-order valence-electron chi connectivity index (χ2n) is 2.73. The quantitative estimate of drug-likeness (QED) is 0.654. The van der Waals surface area contributed by atoms with E-state index in [2.05, 4.69) is 5.32 Å². The van der Waals surface area contributed by atoms with Gasteiger partial charge in [0.1, 0.15) is 0 Å². The molecule has 5 heteroatoms. The van der Waals surface area contributed by atoms with E-state index in [1.807, 2.05) is 0 Å². The van der Waals surface area contributed by atoms with Crippen molar-refractivity contribution in [1.29, 1.82) is 0 Å². The highest BCUT2D eigenvalue weighted by Gasteiger charge is 2.30. The first kappa shape index (κ1) is 8.25.